The minimum atomic E-state index is -0.868. The Balaban J connectivity index is 0. The summed E-state index contributed by atoms with van der Waals surface area (Å²) in [4.78, 5) is 38.4. The van der Waals surface area contributed by atoms with E-state index in [0.29, 0.717) is 11.1 Å². The van der Waals surface area contributed by atoms with Gasteiger partial charge in [-0.3, -0.25) is 4.79 Å². The third kappa shape index (κ3) is 12.1. The quantitative estimate of drug-likeness (QED) is 0.481. The number of benzene rings is 3. The number of carboxylic acid groups (broad SMARTS) is 1. The predicted octanol–water partition coefficient (Wildman–Crippen LogP) is 6.16. The number of para-hydroxylation sites is 1. The molecule has 0 aromatic heterocycles. The lowest BCUT2D eigenvalue weighted by Crippen LogP contribution is -2.12. The molecular weight excluding hydrogens is 430 g/mol. The van der Waals surface area contributed by atoms with E-state index in [0.717, 1.165) is 28.8 Å². The first-order valence-corrected chi connectivity index (χ1v) is 10.7. The summed E-state index contributed by atoms with van der Waals surface area (Å²) in [7, 11) is 0. The molecule has 0 saturated heterocycles. The van der Waals surface area contributed by atoms with E-state index in [-0.39, 0.29) is 5.91 Å². The summed E-state index contributed by atoms with van der Waals surface area (Å²) in [5.41, 5.74) is 5.26. The first-order chi connectivity index (χ1) is 16.4. The summed E-state index contributed by atoms with van der Waals surface area (Å²) in [6.45, 7) is 14.0. The lowest BCUT2D eigenvalue weighted by molar-refractivity contribution is -0.0987. The number of amides is 1. The monoisotopic (exact) mass is 465 g/mol. The molecule has 0 radical (unpaired) electrons. The number of carbonyl (C=O) groups excluding carboxylic acids is 3. The van der Waals surface area contributed by atoms with Gasteiger partial charge in [0.15, 0.2) is 0 Å². The number of hydrogen-bond donors (Lipinski definition) is 2. The van der Waals surface area contributed by atoms with Crippen molar-refractivity contribution in [3.63, 3.8) is 0 Å². The topological polar surface area (TPSA) is 101 Å². The highest BCUT2D eigenvalue weighted by molar-refractivity contribution is 6.04. The van der Waals surface area contributed by atoms with E-state index in [1.54, 1.807) is 12.1 Å². The number of aromatic carboxylic acids is 1. The molecule has 0 bridgehead atoms. The van der Waals surface area contributed by atoms with Crippen molar-refractivity contribution >= 4 is 31.1 Å². The van der Waals surface area contributed by atoms with Crippen LogP contribution < -0.4 is 5.32 Å². The fourth-order valence-corrected chi connectivity index (χ4v) is 2.50. The molecular formula is C28H35NO5. The first-order valence-electron chi connectivity index (χ1n) is 10.7. The maximum absolute atomic E-state index is 12.0. The predicted molar refractivity (Wildman–Crippen MR) is 139 cm³/mol. The summed E-state index contributed by atoms with van der Waals surface area (Å²) in [5.74, 6) is -0.938. The Kier molecular flexibility index (Phi) is 18.5. The third-order valence-corrected chi connectivity index (χ3v) is 4.32. The maximum Gasteiger partial charge on any atom is 0.335 e. The average Bonchev–Trinajstić information content (AvgIpc) is 2.90. The van der Waals surface area contributed by atoms with Crippen LogP contribution in [0, 0.1) is 13.8 Å². The lowest BCUT2D eigenvalue weighted by Gasteiger charge is -2.08. The highest BCUT2D eigenvalue weighted by Crippen LogP contribution is 2.14. The Hall–Kier alpha value is -4.06. The summed E-state index contributed by atoms with van der Waals surface area (Å²) in [6.07, 6.45) is 0.944. The number of aryl methyl sites for hydroxylation is 3. The zero-order valence-corrected chi connectivity index (χ0v) is 20.6. The van der Waals surface area contributed by atoms with Crippen LogP contribution in [0.15, 0.2) is 72.8 Å². The molecule has 0 aliphatic carbocycles. The van der Waals surface area contributed by atoms with Crippen LogP contribution in [-0.4, -0.2) is 30.6 Å². The normalized spacial score (nSPS) is 8.50. The number of carboxylic acids is 1. The Morgan fingerprint density at radius 1 is 0.765 bits per heavy atom. The second-order valence-electron chi connectivity index (χ2n) is 6.49. The van der Waals surface area contributed by atoms with Crippen LogP contribution in [0.1, 0.15) is 58.2 Å². The summed E-state index contributed by atoms with van der Waals surface area (Å²) in [6, 6.07) is 22.2. The van der Waals surface area contributed by atoms with Crippen molar-refractivity contribution < 1.29 is 24.3 Å². The number of anilines is 1. The molecule has 0 fully saturated rings. The van der Waals surface area contributed by atoms with Gasteiger partial charge in [0.05, 0.1) is 5.56 Å². The molecule has 1 amide bonds. The molecule has 0 unspecified atom stereocenters. The van der Waals surface area contributed by atoms with E-state index >= 15 is 0 Å². The van der Waals surface area contributed by atoms with Crippen molar-refractivity contribution in [3.8, 4) is 0 Å². The fourth-order valence-electron chi connectivity index (χ4n) is 2.50. The van der Waals surface area contributed by atoms with Gasteiger partial charge in [0.1, 0.15) is 13.6 Å². The summed E-state index contributed by atoms with van der Waals surface area (Å²) < 4.78 is 0. The molecule has 0 atom stereocenters. The Labute approximate surface area is 202 Å². The van der Waals surface area contributed by atoms with Crippen LogP contribution in [-0.2, 0) is 16.0 Å². The molecule has 6 nitrogen and oxygen atoms in total. The van der Waals surface area contributed by atoms with E-state index in [1.165, 1.54) is 0 Å². The van der Waals surface area contributed by atoms with Gasteiger partial charge in [-0.05, 0) is 61.7 Å². The van der Waals surface area contributed by atoms with Crippen LogP contribution in [0.4, 0.5) is 5.69 Å². The minimum Gasteiger partial charge on any atom is -0.478 e. The largest absolute Gasteiger partial charge is 0.478 e. The molecule has 3 aromatic carbocycles. The van der Waals surface area contributed by atoms with Gasteiger partial charge in [0.25, 0.3) is 5.91 Å². The number of hydrogen-bond acceptors (Lipinski definition) is 4. The molecule has 182 valence electrons. The zero-order valence-electron chi connectivity index (χ0n) is 20.6. The lowest BCUT2D eigenvalue weighted by atomic mass is 10.1. The maximum atomic E-state index is 12.0. The van der Waals surface area contributed by atoms with Gasteiger partial charge in [-0.15, -0.1) is 0 Å². The molecule has 2 N–H and O–H groups in total. The zero-order chi connectivity index (χ0) is 26.5. The first kappa shape index (κ1) is 32.1. The van der Waals surface area contributed by atoms with Gasteiger partial charge >= 0.3 is 5.97 Å². The SMILES string of the molecule is C=O.C=O.CC.CCc1ccc(C(=O)O)cc1.Cc1ccc(C(=O)Nc2ccccc2C)cc1. The number of rotatable bonds is 4. The highest BCUT2D eigenvalue weighted by Gasteiger charge is 2.06. The van der Waals surface area contributed by atoms with E-state index in [1.807, 2.05) is 109 Å². The second-order valence-corrected chi connectivity index (χ2v) is 6.49. The van der Waals surface area contributed by atoms with Crippen molar-refractivity contribution in [2.45, 2.75) is 41.0 Å². The van der Waals surface area contributed by atoms with E-state index in [2.05, 4.69) is 5.32 Å². The van der Waals surface area contributed by atoms with Gasteiger partial charge < -0.3 is 20.0 Å². The third-order valence-electron chi connectivity index (χ3n) is 4.32. The molecule has 3 aromatic rings. The molecule has 0 spiro atoms. The van der Waals surface area contributed by atoms with Gasteiger partial charge in [-0.25, -0.2) is 4.79 Å². The fraction of sp³-hybridized carbons (Fsp3) is 0.214. The molecule has 0 heterocycles. The Morgan fingerprint density at radius 3 is 1.68 bits per heavy atom. The smallest absolute Gasteiger partial charge is 0.335 e. The van der Waals surface area contributed by atoms with Crippen LogP contribution >= 0.6 is 0 Å². The molecule has 0 saturated carbocycles. The van der Waals surface area contributed by atoms with Crippen LogP contribution in [0.5, 0.6) is 0 Å². The average molecular weight is 466 g/mol. The molecule has 3 rings (SSSR count). The van der Waals surface area contributed by atoms with Gasteiger partial charge in [0, 0.05) is 11.3 Å². The van der Waals surface area contributed by atoms with Crippen LogP contribution in [0.2, 0.25) is 0 Å². The van der Waals surface area contributed by atoms with Crippen molar-refractivity contribution in [1.29, 1.82) is 0 Å². The van der Waals surface area contributed by atoms with Gasteiger partial charge in [-0.2, -0.15) is 0 Å². The van der Waals surface area contributed by atoms with E-state index < -0.39 is 5.97 Å². The number of carbonyl (C=O) groups is 4. The highest BCUT2D eigenvalue weighted by atomic mass is 16.4. The molecule has 34 heavy (non-hydrogen) atoms. The van der Waals surface area contributed by atoms with Crippen molar-refractivity contribution in [3.05, 3.63) is 101 Å². The summed E-state index contributed by atoms with van der Waals surface area (Å²) in [5, 5.41) is 11.5. The van der Waals surface area contributed by atoms with Crippen molar-refractivity contribution in [1.82, 2.24) is 0 Å². The van der Waals surface area contributed by atoms with Gasteiger partial charge in [0.2, 0.25) is 0 Å². The van der Waals surface area contributed by atoms with E-state index in [9.17, 15) is 9.59 Å². The van der Waals surface area contributed by atoms with Crippen molar-refractivity contribution in [2.75, 3.05) is 5.32 Å². The van der Waals surface area contributed by atoms with Gasteiger partial charge in [-0.1, -0.05) is 68.8 Å². The minimum absolute atomic E-state index is 0.0701. The van der Waals surface area contributed by atoms with Crippen LogP contribution in [0.3, 0.4) is 0 Å². The van der Waals surface area contributed by atoms with Crippen LogP contribution in [0.25, 0.3) is 0 Å². The standard InChI is InChI=1S/C15H15NO.C9H10O2.C2H6.2CH2O/c1-11-7-9-13(10-8-11)15(17)16-14-6-4-3-5-12(14)2;1-2-7-3-5-8(6-4-7)9(10)11;3*1-2/h3-10H,1-2H3,(H,16,17);3-6H,2H2,1H3,(H,10,11);1-2H3;2*1H2. The Bertz CT molecular complexity index is 965. The second kappa shape index (κ2) is 19.6. The summed E-state index contributed by atoms with van der Waals surface area (Å²) >= 11 is 0. The molecule has 0 aliphatic heterocycles. The number of nitrogens with one attached hydrogen (secondary N) is 1. The Morgan fingerprint density at radius 2 is 1.24 bits per heavy atom. The molecule has 0 aliphatic rings. The van der Waals surface area contributed by atoms with E-state index in [4.69, 9.17) is 14.7 Å². The van der Waals surface area contributed by atoms with Crippen molar-refractivity contribution in [2.24, 2.45) is 0 Å². The molecule has 6 heteroatoms.